The highest BCUT2D eigenvalue weighted by Crippen LogP contribution is 2.29. The third-order valence-electron chi connectivity index (χ3n) is 2.87. The zero-order chi connectivity index (χ0) is 12.4. The van der Waals surface area contributed by atoms with Crippen LogP contribution in [0.25, 0.3) is 0 Å². The highest BCUT2D eigenvalue weighted by atomic mass is 16.5. The molecule has 1 amide bonds. The van der Waals surface area contributed by atoms with Crippen molar-refractivity contribution in [2.75, 3.05) is 27.2 Å². The number of carbonyl (C=O) groups excluding carboxylic acids is 1. The van der Waals surface area contributed by atoms with Crippen molar-refractivity contribution in [1.82, 2.24) is 19.9 Å². The summed E-state index contributed by atoms with van der Waals surface area (Å²) in [7, 11) is 3.78. The van der Waals surface area contributed by atoms with Crippen LogP contribution >= 0.6 is 0 Å². The zero-order valence-electron chi connectivity index (χ0n) is 10.5. The van der Waals surface area contributed by atoms with Crippen molar-refractivity contribution in [3.05, 3.63) is 11.7 Å². The number of likely N-dealkylation sites (tertiary alicyclic amines) is 1. The molecule has 6 heteroatoms. The molecule has 0 aliphatic carbocycles. The topological polar surface area (TPSA) is 62.5 Å². The van der Waals surface area contributed by atoms with Gasteiger partial charge in [0, 0.05) is 13.5 Å². The lowest BCUT2D eigenvalue weighted by Crippen LogP contribution is -2.37. The summed E-state index contributed by atoms with van der Waals surface area (Å²) in [5.74, 6) is 1.30. The molecule has 1 aliphatic heterocycles. The van der Waals surface area contributed by atoms with Crippen LogP contribution in [0, 0.1) is 6.92 Å². The average molecular weight is 238 g/mol. The average Bonchev–Trinajstić information content (AvgIpc) is 2.83. The van der Waals surface area contributed by atoms with Crippen LogP contribution < -0.4 is 0 Å². The predicted molar refractivity (Wildman–Crippen MR) is 61.3 cm³/mol. The summed E-state index contributed by atoms with van der Waals surface area (Å²) < 4.78 is 4.98. The fourth-order valence-electron chi connectivity index (χ4n) is 2.15. The Morgan fingerprint density at radius 1 is 1.59 bits per heavy atom. The van der Waals surface area contributed by atoms with Gasteiger partial charge >= 0.3 is 0 Å². The second-order valence-corrected chi connectivity index (χ2v) is 4.65. The van der Waals surface area contributed by atoms with Crippen molar-refractivity contribution in [3.8, 4) is 0 Å². The molecule has 0 unspecified atom stereocenters. The van der Waals surface area contributed by atoms with E-state index in [0.29, 0.717) is 18.3 Å². The fraction of sp³-hybridized carbons (Fsp3) is 0.727. The van der Waals surface area contributed by atoms with Crippen molar-refractivity contribution in [2.24, 2.45) is 0 Å². The largest absolute Gasteiger partial charge is 0.340 e. The quantitative estimate of drug-likeness (QED) is 0.771. The number of likely N-dealkylation sites (N-methyl/N-ethyl adjacent to an activating group) is 1. The molecule has 0 N–H and O–H groups in total. The predicted octanol–water partition coefficient (Wildman–Crippen LogP) is 0.603. The zero-order valence-corrected chi connectivity index (χ0v) is 10.5. The molecule has 0 bridgehead atoms. The number of aromatic nitrogens is 2. The van der Waals surface area contributed by atoms with Gasteiger partial charge in [-0.25, -0.2) is 0 Å². The maximum absolute atomic E-state index is 12.0. The van der Waals surface area contributed by atoms with Gasteiger partial charge in [-0.2, -0.15) is 4.98 Å². The molecular formula is C11H18N4O2. The van der Waals surface area contributed by atoms with Crippen LogP contribution in [0.15, 0.2) is 4.52 Å². The second kappa shape index (κ2) is 4.83. The molecule has 0 radical (unpaired) electrons. The van der Waals surface area contributed by atoms with Crippen molar-refractivity contribution in [2.45, 2.75) is 25.8 Å². The van der Waals surface area contributed by atoms with Gasteiger partial charge in [0.05, 0.1) is 12.6 Å². The van der Waals surface area contributed by atoms with Crippen LogP contribution in [-0.4, -0.2) is 53.0 Å². The molecule has 1 saturated heterocycles. The van der Waals surface area contributed by atoms with Gasteiger partial charge in [0.2, 0.25) is 11.8 Å². The Morgan fingerprint density at radius 3 is 2.94 bits per heavy atom. The first-order valence-corrected chi connectivity index (χ1v) is 5.82. The third kappa shape index (κ3) is 2.63. The maximum Gasteiger partial charge on any atom is 0.237 e. The SMILES string of the molecule is Cc1nc([C@@H]2CCCN2C(=O)CN(C)C)no1. The van der Waals surface area contributed by atoms with Gasteiger partial charge in [0.25, 0.3) is 0 Å². The highest BCUT2D eigenvalue weighted by Gasteiger charge is 2.32. The Kier molecular flexibility index (Phi) is 3.42. The lowest BCUT2D eigenvalue weighted by Gasteiger charge is -2.23. The minimum absolute atomic E-state index is 0.0140. The first-order chi connectivity index (χ1) is 8.08. The van der Waals surface area contributed by atoms with Gasteiger partial charge in [-0.1, -0.05) is 5.16 Å². The molecule has 1 aromatic rings. The Balaban J connectivity index is 2.09. The first-order valence-electron chi connectivity index (χ1n) is 5.82. The molecule has 0 saturated carbocycles. The van der Waals surface area contributed by atoms with Gasteiger partial charge < -0.3 is 14.3 Å². The van der Waals surface area contributed by atoms with E-state index in [4.69, 9.17) is 4.52 Å². The summed E-state index contributed by atoms with van der Waals surface area (Å²) in [5, 5.41) is 3.92. The molecule has 0 spiro atoms. The summed E-state index contributed by atoms with van der Waals surface area (Å²) in [4.78, 5) is 20.0. The minimum atomic E-state index is -0.0140. The van der Waals surface area contributed by atoms with Crippen molar-refractivity contribution < 1.29 is 9.32 Å². The van der Waals surface area contributed by atoms with Gasteiger partial charge in [-0.3, -0.25) is 4.79 Å². The fourth-order valence-corrected chi connectivity index (χ4v) is 2.15. The lowest BCUT2D eigenvalue weighted by molar-refractivity contribution is -0.132. The van der Waals surface area contributed by atoms with Gasteiger partial charge in [-0.15, -0.1) is 0 Å². The number of hydrogen-bond donors (Lipinski definition) is 0. The van der Waals surface area contributed by atoms with Crippen molar-refractivity contribution >= 4 is 5.91 Å². The standard InChI is InChI=1S/C11H18N4O2/c1-8-12-11(13-17-8)9-5-4-6-15(9)10(16)7-14(2)3/h9H,4-7H2,1-3H3/t9-/m0/s1. The Labute approximate surface area is 101 Å². The molecular weight excluding hydrogens is 220 g/mol. The van der Waals surface area contributed by atoms with Gasteiger partial charge in [0.1, 0.15) is 0 Å². The van der Waals surface area contributed by atoms with E-state index in [-0.39, 0.29) is 11.9 Å². The van der Waals surface area contributed by atoms with Crippen LogP contribution in [0.3, 0.4) is 0 Å². The lowest BCUT2D eigenvalue weighted by atomic mass is 10.2. The number of carbonyl (C=O) groups is 1. The highest BCUT2D eigenvalue weighted by molar-refractivity contribution is 5.78. The van der Waals surface area contributed by atoms with Crippen LogP contribution in [-0.2, 0) is 4.79 Å². The molecule has 1 aromatic heterocycles. The summed E-state index contributed by atoms with van der Waals surface area (Å²) in [6.07, 6.45) is 1.91. The number of hydrogen-bond acceptors (Lipinski definition) is 5. The van der Waals surface area contributed by atoms with Crippen LogP contribution in [0.1, 0.15) is 30.6 Å². The normalized spacial score (nSPS) is 20.2. The molecule has 1 fully saturated rings. The molecule has 17 heavy (non-hydrogen) atoms. The van der Waals surface area contributed by atoms with Gasteiger partial charge in [0.15, 0.2) is 5.82 Å². The van der Waals surface area contributed by atoms with E-state index in [2.05, 4.69) is 10.1 Å². The molecule has 94 valence electrons. The monoisotopic (exact) mass is 238 g/mol. The van der Waals surface area contributed by atoms with Crippen LogP contribution in [0.2, 0.25) is 0 Å². The van der Waals surface area contributed by atoms with E-state index in [9.17, 15) is 4.79 Å². The molecule has 1 aliphatic rings. The Bertz CT molecular complexity index is 402. The van der Waals surface area contributed by atoms with E-state index in [0.717, 1.165) is 19.4 Å². The van der Waals surface area contributed by atoms with Crippen molar-refractivity contribution in [1.29, 1.82) is 0 Å². The molecule has 2 rings (SSSR count). The summed E-state index contributed by atoms with van der Waals surface area (Å²) in [6.45, 7) is 2.97. The third-order valence-corrected chi connectivity index (χ3v) is 2.87. The summed E-state index contributed by atoms with van der Waals surface area (Å²) >= 11 is 0. The number of nitrogens with zero attached hydrogens (tertiary/aromatic N) is 4. The molecule has 2 heterocycles. The Morgan fingerprint density at radius 2 is 2.35 bits per heavy atom. The minimum Gasteiger partial charge on any atom is -0.340 e. The van der Waals surface area contributed by atoms with E-state index in [1.54, 1.807) is 6.92 Å². The number of aryl methyl sites for hydroxylation is 1. The molecule has 6 nitrogen and oxygen atoms in total. The van der Waals surface area contributed by atoms with Crippen molar-refractivity contribution in [3.63, 3.8) is 0 Å². The van der Waals surface area contributed by atoms with E-state index in [1.807, 2.05) is 23.9 Å². The first kappa shape index (κ1) is 12.0. The maximum atomic E-state index is 12.0. The van der Waals surface area contributed by atoms with E-state index in [1.165, 1.54) is 0 Å². The Hall–Kier alpha value is -1.43. The summed E-state index contributed by atoms with van der Waals surface area (Å²) in [6, 6.07) is -0.0140. The molecule has 1 atom stereocenters. The van der Waals surface area contributed by atoms with Gasteiger partial charge in [-0.05, 0) is 26.9 Å². The van der Waals surface area contributed by atoms with E-state index < -0.39 is 0 Å². The molecule has 0 aromatic carbocycles. The number of rotatable bonds is 3. The van der Waals surface area contributed by atoms with Crippen LogP contribution in [0.5, 0.6) is 0 Å². The second-order valence-electron chi connectivity index (χ2n) is 4.65. The summed E-state index contributed by atoms with van der Waals surface area (Å²) in [5.41, 5.74) is 0. The van der Waals surface area contributed by atoms with Crippen LogP contribution in [0.4, 0.5) is 0 Å². The number of amides is 1. The smallest absolute Gasteiger partial charge is 0.237 e. The van der Waals surface area contributed by atoms with E-state index >= 15 is 0 Å².